The molecule has 5 nitrogen and oxygen atoms in total. The van der Waals surface area contributed by atoms with Crippen LogP contribution in [0.25, 0.3) is 0 Å². The molecule has 1 N–H and O–H groups in total. The van der Waals surface area contributed by atoms with E-state index in [1.807, 2.05) is 57.2 Å². The molecule has 0 unspecified atom stereocenters. The molecule has 0 aromatic heterocycles. The highest BCUT2D eigenvalue weighted by molar-refractivity contribution is 5.74. The number of aldehydes is 1. The third kappa shape index (κ3) is 6.30. The number of carbonyl (C=O) groups is 2. The molecule has 2 aromatic rings. The van der Waals surface area contributed by atoms with Crippen LogP contribution in [0.1, 0.15) is 42.3 Å². The Morgan fingerprint density at radius 2 is 1.88 bits per heavy atom. The van der Waals surface area contributed by atoms with Gasteiger partial charge in [0.2, 0.25) is 0 Å². The predicted octanol–water partition coefficient (Wildman–Crippen LogP) is 4.10. The zero-order valence-corrected chi connectivity index (χ0v) is 14.7. The quantitative estimate of drug-likeness (QED) is 0.803. The number of benzene rings is 2. The van der Waals surface area contributed by atoms with Crippen molar-refractivity contribution in [2.24, 2.45) is 0 Å². The van der Waals surface area contributed by atoms with Gasteiger partial charge in [0.15, 0.2) is 0 Å². The third-order valence-corrected chi connectivity index (χ3v) is 3.28. The number of amides is 1. The molecule has 0 saturated carbocycles. The van der Waals surface area contributed by atoms with Gasteiger partial charge in [0.25, 0.3) is 0 Å². The van der Waals surface area contributed by atoms with Crippen LogP contribution < -0.4 is 10.1 Å². The standard InChI is InChI=1S/C20H23NO4/c1-20(2,3)25-19(23)21-12-17-9-4-5-10-18(17)24-14-16-8-6-7-15(11-16)13-22/h4-11,13H,12,14H2,1-3H3,(H,21,23). The highest BCUT2D eigenvalue weighted by Crippen LogP contribution is 2.19. The lowest BCUT2D eigenvalue weighted by atomic mass is 10.1. The van der Waals surface area contributed by atoms with Crippen molar-refractivity contribution in [2.75, 3.05) is 0 Å². The average Bonchev–Trinajstić information content (AvgIpc) is 2.57. The summed E-state index contributed by atoms with van der Waals surface area (Å²) in [6, 6.07) is 14.7. The van der Waals surface area contributed by atoms with E-state index in [9.17, 15) is 9.59 Å². The first-order valence-electron chi connectivity index (χ1n) is 8.09. The van der Waals surface area contributed by atoms with Crippen LogP contribution in [-0.2, 0) is 17.9 Å². The van der Waals surface area contributed by atoms with Gasteiger partial charge in [-0.25, -0.2) is 4.79 Å². The molecule has 0 heterocycles. The van der Waals surface area contributed by atoms with Gasteiger partial charge in [0.1, 0.15) is 24.2 Å². The molecule has 25 heavy (non-hydrogen) atoms. The summed E-state index contributed by atoms with van der Waals surface area (Å²) in [4.78, 5) is 22.6. The molecular weight excluding hydrogens is 318 g/mol. The van der Waals surface area contributed by atoms with Crippen LogP contribution >= 0.6 is 0 Å². The second kappa shape index (κ2) is 8.33. The van der Waals surface area contributed by atoms with Gasteiger partial charge < -0.3 is 14.8 Å². The zero-order valence-electron chi connectivity index (χ0n) is 14.7. The fraction of sp³-hybridized carbons (Fsp3) is 0.300. The molecule has 0 saturated heterocycles. The molecule has 0 atom stereocenters. The van der Waals surface area contributed by atoms with Crippen molar-refractivity contribution in [3.8, 4) is 5.75 Å². The smallest absolute Gasteiger partial charge is 0.407 e. The van der Waals surface area contributed by atoms with Crippen molar-refractivity contribution in [1.29, 1.82) is 0 Å². The molecule has 0 radical (unpaired) electrons. The van der Waals surface area contributed by atoms with E-state index in [0.29, 0.717) is 24.5 Å². The van der Waals surface area contributed by atoms with Crippen LogP contribution in [0, 0.1) is 0 Å². The van der Waals surface area contributed by atoms with Crippen molar-refractivity contribution >= 4 is 12.4 Å². The maximum Gasteiger partial charge on any atom is 0.407 e. The highest BCUT2D eigenvalue weighted by Gasteiger charge is 2.16. The van der Waals surface area contributed by atoms with E-state index in [0.717, 1.165) is 17.4 Å². The summed E-state index contributed by atoms with van der Waals surface area (Å²) in [6.07, 6.45) is 0.336. The number of hydrogen-bond donors (Lipinski definition) is 1. The average molecular weight is 341 g/mol. The van der Waals surface area contributed by atoms with Crippen LogP contribution in [0.4, 0.5) is 4.79 Å². The van der Waals surface area contributed by atoms with Gasteiger partial charge >= 0.3 is 6.09 Å². The third-order valence-electron chi connectivity index (χ3n) is 3.28. The summed E-state index contributed by atoms with van der Waals surface area (Å²) in [5, 5.41) is 2.72. The van der Waals surface area contributed by atoms with Gasteiger partial charge in [-0.2, -0.15) is 0 Å². The highest BCUT2D eigenvalue weighted by atomic mass is 16.6. The summed E-state index contributed by atoms with van der Waals surface area (Å²) in [7, 11) is 0. The molecule has 2 aromatic carbocycles. The number of alkyl carbamates (subject to hydrolysis) is 1. The summed E-state index contributed by atoms with van der Waals surface area (Å²) in [6.45, 7) is 6.09. The molecule has 0 aliphatic heterocycles. The van der Waals surface area contributed by atoms with Crippen molar-refractivity contribution in [3.63, 3.8) is 0 Å². The van der Waals surface area contributed by atoms with Gasteiger partial charge in [-0.3, -0.25) is 4.79 Å². The summed E-state index contributed by atoms with van der Waals surface area (Å²) in [5.41, 5.74) is 1.82. The first kappa shape index (κ1) is 18.5. The molecule has 132 valence electrons. The van der Waals surface area contributed by atoms with E-state index >= 15 is 0 Å². The van der Waals surface area contributed by atoms with Crippen LogP contribution in [0.3, 0.4) is 0 Å². The number of para-hydroxylation sites is 1. The Labute approximate surface area is 148 Å². The molecule has 0 aliphatic rings. The molecule has 0 bridgehead atoms. The van der Waals surface area contributed by atoms with Gasteiger partial charge in [0.05, 0.1) is 0 Å². The van der Waals surface area contributed by atoms with E-state index in [4.69, 9.17) is 9.47 Å². The molecular formula is C20H23NO4. The van der Waals surface area contributed by atoms with Crippen LogP contribution in [0.2, 0.25) is 0 Å². The number of ether oxygens (including phenoxy) is 2. The first-order chi connectivity index (χ1) is 11.9. The van der Waals surface area contributed by atoms with E-state index in [1.165, 1.54) is 0 Å². The van der Waals surface area contributed by atoms with Crippen molar-refractivity contribution in [3.05, 3.63) is 65.2 Å². The lowest BCUT2D eigenvalue weighted by Gasteiger charge is -2.20. The normalized spacial score (nSPS) is 10.8. The number of nitrogens with one attached hydrogen (secondary N) is 1. The van der Waals surface area contributed by atoms with Crippen molar-refractivity contribution < 1.29 is 19.1 Å². The Hall–Kier alpha value is -2.82. The minimum atomic E-state index is -0.538. The maximum atomic E-state index is 11.8. The summed E-state index contributed by atoms with van der Waals surface area (Å²) < 4.78 is 11.1. The van der Waals surface area contributed by atoms with Crippen molar-refractivity contribution in [1.82, 2.24) is 5.32 Å². The monoisotopic (exact) mass is 341 g/mol. The molecule has 0 fully saturated rings. The fourth-order valence-electron chi connectivity index (χ4n) is 2.19. The Morgan fingerprint density at radius 1 is 1.12 bits per heavy atom. The molecule has 0 spiro atoms. The van der Waals surface area contributed by atoms with Crippen LogP contribution in [0.15, 0.2) is 48.5 Å². The predicted molar refractivity (Wildman–Crippen MR) is 95.7 cm³/mol. The van der Waals surface area contributed by atoms with Crippen molar-refractivity contribution in [2.45, 2.75) is 39.5 Å². The number of rotatable bonds is 6. The van der Waals surface area contributed by atoms with E-state index in [2.05, 4.69) is 5.32 Å². The summed E-state index contributed by atoms with van der Waals surface area (Å²) >= 11 is 0. The Balaban J connectivity index is 1.97. The summed E-state index contributed by atoms with van der Waals surface area (Å²) in [5.74, 6) is 0.676. The Bertz CT molecular complexity index is 734. The van der Waals surface area contributed by atoms with E-state index in [-0.39, 0.29) is 0 Å². The van der Waals surface area contributed by atoms with Gasteiger partial charge in [-0.1, -0.05) is 36.4 Å². The lowest BCUT2D eigenvalue weighted by molar-refractivity contribution is 0.0523. The van der Waals surface area contributed by atoms with E-state index in [1.54, 1.807) is 12.1 Å². The minimum Gasteiger partial charge on any atom is -0.489 e. The lowest BCUT2D eigenvalue weighted by Crippen LogP contribution is -2.32. The zero-order chi connectivity index (χ0) is 18.3. The molecule has 0 aliphatic carbocycles. The van der Waals surface area contributed by atoms with Gasteiger partial charge in [-0.15, -0.1) is 0 Å². The largest absolute Gasteiger partial charge is 0.489 e. The number of carbonyl (C=O) groups excluding carboxylic acids is 2. The SMILES string of the molecule is CC(C)(C)OC(=O)NCc1ccccc1OCc1cccc(C=O)c1. The topological polar surface area (TPSA) is 64.6 Å². The second-order valence-corrected chi connectivity index (χ2v) is 6.61. The molecule has 1 amide bonds. The first-order valence-corrected chi connectivity index (χ1v) is 8.09. The Morgan fingerprint density at radius 3 is 2.60 bits per heavy atom. The fourth-order valence-corrected chi connectivity index (χ4v) is 2.19. The van der Waals surface area contributed by atoms with Crippen LogP contribution in [0.5, 0.6) is 5.75 Å². The molecule has 5 heteroatoms. The van der Waals surface area contributed by atoms with Gasteiger partial charge in [-0.05, 0) is 38.5 Å². The maximum absolute atomic E-state index is 11.8. The minimum absolute atomic E-state index is 0.305. The molecule has 2 rings (SSSR count). The second-order valence-electron chi connectivity index (χ2n) is 6.61. The van der Waals surface area contributed by atoms with Crippen LogP contribution in [-0.4, -0.2) is 18.0 Å². The van der Waals surface area contributed by atoms with E-state index < -0.39 is 11.7 Å². The Kier molecular flexibility index (Phi) is 6.17. The van der Waals surface area contributed by atoms with Gasteiger partial charge in [0, 0.05) is 17.7 Å². The number of hydrogen-bond acceptors (Lipinski definition) is 4.